The quantitative estimate of drug-likeness (QED) is 0.885. The van der Waals surface area contributed by atoms with E-state index in [0.29, 0.717) is 16.8 Å². The minimum Gasteiger partial charge on any atom is -0.435 e. The van der Waals surface area contributed by atoms with Crippen molar-refractivity contribution in [2.24, 2.45) is 0 Å². The summed E-state index contributed by atoms with van der Waals surface area (Å²) in [4.78, 5) is 0. The zero-order chi connectivity index (χ0) is 12.3. The normalized spacial score (nSPS) is 10.5. The smallest absolute Gasteiger partial charge is 0.387 e. The molecule has 0 aliphatic rings. The van der Waals surface area contributed by atoms with E-state index in [-0.39, 0.29) is 5.75 Å². The molecule has 0 atom stereocenters. The van der Waals surface area contributed by atoms with Crippen molar-refractivity contribution in [3.8, 4) is 5.75 Å². The number of aromatic amines is 1. The van der Waals surface area contributed by atoms with Gasteiger partial charge >= 0.3 is 6.61 Å². The van der Waals surface area contributed by atoms with Gasteiger partial charge in [0, 0.05) is 11.8 Å². The van der Waals surface area contributed by atoms with Crippen LogP contribution in [-0.2, 0) is 0 Å². The van der Waals surface area contributed by atoms with Gasteiger partial charge in [-0.3, -0.25) is 5.10 Å². The first-order valence-electron chi connectivity index (χ1n) is 4.91. The van der Waals surface area contributed by atoms with Crippen LogP contribution in [0.1, 0.15) is 11.3 Å². The molecule has 1 aromatic heterocycles. The van der Waals surface area contributed by atoms with Crippen molar-refractivity contribution in [1.82, 2.24) is 10.2 Å². The van der Waals surface area contributed by atoms with E-state index in [0.717, 1.165) is 0 Å². The lowest BCUT2D eigenvalue weighted by Gasteiger charge is -2.07. The molecule has 2 rings (SSSR count). The molecule has 1 N–H and O–H groups in total. The average Bonchev–Trinajstić information content (AvgIpc) is 2.81. The maximum atomic E-state index is 12.1. The van der Waals surface area contributed by atoms with Gasteiger partial charge in [0.25, 0.3) is 0 Å². The lowest BCUT2D eigenvalue weighted by molar-refractivity contribution is -0.0498. The molecule has 3 nitrogen and oxygen atoms in total. The van der Waals surface area contributed by atoms with E-state index < -0.39 is 6.61 Å². The predicted octanol–water partition coefficient (Wildman–Crippen LogP) is 3.07. The molecule has 0 saturated heterocycles. The van der Waals surface area contributed by atoms with Gasteiger partial charge in [0.15, 0.2) is 0 Å². The average molecular weight is 236 g/mol. The van der Waals surface area contributed by atoms with Gasteiger partial charge in [-0.1, -0.05) is 18.7 Å². The number of H-pyrrole nitrogens is 1. The minimum absolute atomic E-state index is 0.106. The molecule has 5 heteroatoms. The fourth-order valence-corrected chi connectivity index (χ4v) is 1.44. The van der Waals surface area contributed by atoms with Crippen LogP contribution >= 0.6 is 0 Å². The molecular formula is C12H10F2N2O. The van der Waals surface area contributed by atoms with Crippen LogP contribution < -0.4 is 4.74 Å². The molecular weight excluding hydrogens is 226 g/mol. The highest BCUT2D eigenvalue weighted by molar-refractivity contribution is 5.76. The molecule has 88 valence electrons. The van der Waals surface area contributed by atoms with Crippen LogP contribution in [0.15, 0.2) is 43.1 Å². The molecule has 0 saturated carbocycles. The summed E-state index contributed by atoms with van der Waals surface area (Å²) in [6.45, 7) is 1.03. The molecule has 0 fully saturated rings. The fourth-order valence-electron chi connectivity index (χ4n) is 1.44. The topological polar surface area (TPSA) is 37.9 Å². The Morgan fingerprint density at radius 2 is 2.18 bits per heavy atom. The second-order valence-electron chi connectivity index (χ2n) is 3.34. The van der Waals surface area contributed by atoms with Crippen molar-refractivity contribution < 1.29 is 13.5 Å². The number of benzene rings is 1. The third kappa shape index (κ3) is 2.69. The first kappa shape index (κ1) is 11.3. The standard InChI is InChI=1S/C12H10F2N2O/c1-8(11-5-6-15-16-11)9-3-2-4-10(7-9)17-12(13)14/h2-7,12H,1H2,(H,15,16). The van der Waals surface area contributed by atoms with E-state index in [2.05, 4.69) is 21.5 Å². The van der Waals surface area contributed by atoms with Crippen molar-refractivity contribution in [2.45, 2.75) is 6.61 Å². The van der Waals surface area contributed by atoms with E-state index in [1.165, 1.54) is 12.1 Å². The number of nitrogens with one attached hydrogen (secondary N) is 1. The largest absolute Gasteiger partial charge is 0.435 e. The summed E-state index contributed by atoms with van der Waals surface area (Å²) in [5.74, 6) is 0.106. The highest BCUT2D eigenvalue weighted by atomic mass is 19.3. The number of aromatic nitrogens is 2. The summed E-state index contributed by atoms with van der Waals surface area (Å²) in [6.07, 6.45) is 1.67. The van der Waals surface area contributed by atoms with Gasteiger partial charge in [-0.05, 0) is 23.8 Å². The van der Waals surface area contributed by atoms with Gasteiger partial charge < -0.3 is 4.74 Å². The molecule has 0 radical (unpaired) electrons. The van der Waals surface area contributed by atoms with Crippen LogP contribution in [0, 0.1) is 0 Å². The Balaban J connectivity index is 2.24. The summed E-state index contributed by atoms with van der Waals surface area (Å²) < 4.78 is 28.4. The molecule has 0 bridgehead atoms. The van der Waals surface area contributed by atoms with E-state index in [4.69, 9.17) is 0 Å². The van der Waals surface area contributed by atoms with Crippen molar-refractivity contribution in [2.75, 3.05) is 0 Å². The second kappa shape index (κ2) is 4.78. The maximum Gasteiger partial charge on any atom is 0.387 e. The Morgan fingerprint density at radius 1 is 1.35 bits per heavy atom. The van der Waals surface area contributed by atoms with Crippen molar-refractivity contribution >= 4 is 5.57 Å². The fraction of sp³-hybridized carbons (Fsp3) is 0.0833. The second-order valence-corrected chi connectivity index (χ2v) is 3.34. The number of hydrogen-bond acceptors (Lipinski definition) is 2. The van der Waals surface area contributed by atoms with Gasteiger partial charge in [-0.2, -0.15) is 13.9 Å². The van der Waals surface area contributed by atoms with Crippen LogP contribution in [-0.4, -0.2) is 16.8 Å². The van der Waals surface area contributed by atoms with Gasteiger partial charge in [0.05, 0.1) is 5.69 Å². The van der Waals surface area contributed by atoms with Crippen molar-refractivity contribution in [1.29, 1.82) is 0 Å². The molecule has 0 aliphatic heterocycles. The lowest BCUT2D eigenvalue weighted by Crippen LogP contribution is -2.02. The summed E-state index contributed by atoms with van der Waals surface area (Å²) in [7, 11) is 0. The van der Waals surface area contributed by atoms with Crippen molar-refractivity contribution in [3.63, 3.8) is 0 Å². The Labute approximate surface area is 96.7 Å². The van der Waals surface area contributed by atoms with Crippen LogP contribution in [0.3, 0.4) is 0 Å². The van der Waals surface area contributed by atoms with E-state index >= 15 is 0 Å². The van der Waals surface area contributed by atoms with Gasteiger partial charge in [0.1, 0.15) is 5.75 Å². The number of halogens is 2. The highest BCUT2D eigenvalue weighted by Gasteiger charge is 2.08. The molecule has 0 unspecified atom stereocenters. The maximum absolute atomic E-state index is 12.1. The molecule has 1 heterocycles. The number of nitrogens with zero attached hydrogens (tertiary/aromatic N) is 1. The van der Waals surface area contributed by atoms with Crippen LogP contribution in [0.4, 0.5) is 8.78 Å². The zero-order valence-electron chi connectivity index (χ0n) is 8.86. The van der Waals surface area contributed by atoms with Gasteiger partial charge in [-0.15, -0.1) is 0 Å². The summed E-state index contributed by atoms with van der Waals surface area (Å²) >= 11 is 0. The Kier molecular flexibility index (Phi) is 3.18. The summed E-state index contributed by atoms with van der Waals surface area (Å²) in [5, 5.41) is 6.63. The van der Waals surface area contributed by atoms with Crippen LogP contribution in [0.2, 0.25) is 0 Å². The number of hydrogen-bond donors (Lipinski definition) is 1. The van der Waals surface area contributed by atoms with E-state index in [1.54, 1.807) is 24.4 Å². The SMILES string of the molecule is C=C(c1cccc(OC(F)F)c1)c1cc[nH]n1. The monoisotopic (exact) mass is 236 g/mol. The Morgan fingerprint density at radius 3 is 2.82 bits per heavy atom. The minimum atomic E-state index is -2.83. The van der Waals surface area contributed by atoms with E-state index in [1.807, 2.05) is 0 Å². The lowest BCUT2D eigenvalue weighted by atomic mass is 10.0. The molecule has 1 aromatic carbocycles. The van der Waals surface area contributed by atoms with Crippen LogP contribution in [0.25, 0.3) is 5.57 Å². The van der Waals surface area contributed by atoms with Crippen molar-refractivity contribution in [3.05, 3.63) is 54.4 Å². The highest BCUT2D eigenvalue weighted by Crippen LogP contribution is 2.24. The number of alkyl halides is 2. The third-order valence-electron chi connectivity index (χ3n) is 2.22. The van der Waals surface area contributed by atoms with Gasteiger partial charge in [0.2, 0.25) is 0 Å². The summed E-state index contributed by atoms with van der Waals surface area (Å²) in [6, 6.07) is 8.11. The Bertz CT molecular complexity index is 509. The molecule has 0 amide bonds. The predicted molar refractivity (Wildman–Crippen MR) is 59.8 cm³/mol. The zero-order valence-corrected chi connectivity index (χ0v) is 8.86. The van der Waals surface area contributed by atoms with Gasteiger partial charge in [-0.25, -0.2) is 0 Å². The number of rotatable bonds is 4. The Hall–Kier alpha value is -2.17. The first-order chi connectivity index (χ1) is 8.16. The first-order valence-corrected chi connectivity index (χ1v) is 4.91. The van der Waals surface area contributed by atoms with Crippen LogP contribution in [0.5, 0.6) is 5.75 Å². The molecule has 0 spiro atoms. The molecule has 0 aliphatic carbocycles. The summed E-state index contributed by atoms with van der Waals surface area (Å²) in [5.41, 5.74) is 2.00. The number of ether oxygens (including phenoxy) is 1. The molecule has 17 heavy (non-hydrogen) atoms. The molecule has 2 aromatic rings. The van der Waals surface area contributed by atoms with E-state index in [9.17, 15) is 8.78 Å². The third-order valence-corrected chi connectivity index (χ3v) is 2.22.